The first-order chi connectivity index (χ1) is 6.72. The second-order valence-corrected chi connectivity index (χ2v) is 5.03. The molecule has 3 heteroatoms. The molecule has 0 saturated carbocycles. The zero-order valence-corrected chi connectivity index (χ0v) is 10.9. The van der Waals surface area contributed by atoms with Crippen LogP contribution in [-0.2, 0) is 4.74 Å². The van der Waals surface area contributed by atoms with Gasteiger partial charge in [-0.2, -0.15) is 0 Å². The Kier molecular flexibility index (Phi) is 6.06. The summed E-state index contributed by atoms with van der Waals surface area (Å²) < 4.78 is 5.56. The Morgan fingerprint density at radius 3 is 2.93 bits per heavy atom. The van der Waals surface area contributed by atoms with E-state index in [0.29, 0.717) is 6.10 Å². The normalized spacial score (nSPS) is 24.4. The van der Waals surface area contributed by atoms with Gasteiger partial charge >= 0.3 is 0 Å². The van der Waals surface area contributed by atoms with Crippen LogP contribution in [0.4, 0.5) is 0 Å². The van der Waals surface area contributed by atoms with Gasteiger partial charge in [-0.05, 0) is 39.2 Å². The molecule has 0 spiro atoms. The maximum Gasteiger partial charge on any atom is 0.0596 e. The summed E-state index contributed by atoms with van der Waals surface area (Å²) in [5.74, 6) is 0.850. The fourth-order valence-corrected chi connectivity index (χ4v) is 2.43. The third-order valence-electron chi connectivity index (χ3n) is 2.68. The predicted molar refractivity (Wildman–Crippen MR) is 64.0 cm³/mol. The van der Waals surface area contributed by atoms with Gasteiger partial charge in [0.2, 0.25) is 0 Å². The lowest BCUT2D eigenvalue weighted by molar-refractivity contribution is 0.0503. The number of piperidine rings is 1. The molecule has 1 saturated heterocycles. The van der Waals surface area contributed by atoms with Crippen molar-refractivity contribution in [2.24, 2.45) is 5.92 Å². The average Bonchev–Trinajstić information content (AvgIpc) is 2.18. The second kappa shape index (κ2) is 6.81. The van der Waals surface area contributed by atoms with E-state index < -0.39 is 0 Å². The zero-order valence-electron chi connectivity index (χ0n) is 9.34. The smallest absolute Gasteiger partial charge is 0.0596 e. The van der Waals surface area contributed by atoms with E-state index in [1.165, 1.54) is 25.9 Å². The molecule has 0 amide bonds. The van der Waals surface area contributed by atoms with E-state index in [2.05, 4.69) is 34.7 Å². The molecule has 1 aliphatic rings. The Morgan fingerprint density at radius 1 is 1.50 bits per heavy atom. The molecule has 1 heterocycles. The van der Waals surface area contributed by atoms with Crippen LogP contribution in [0, 0.1) is 5.92 Å². The van der Waals surface area contributed by atoms with Crippen molar-refractivity contribution in [3.8, 4) is 0 Å². The SMILES string of the molecule is CC(C)OCCN1CCCC(CBr)C1. The van der Waals surface area contributed by atoms with Crippen LogP contribution in [0.2, 0.25) is 0 Å². The molecule has 1 fully saturated rings. The number of likely N-dealkylation sites (tertiary alicyclic amines) is 1. The summed E-state index contributed by atoms with van der Waals surface area (Å²) in [7, 11) is 0. The van der Waals surface area contributed by atoms with E-state index in [1.54, 1.807) is 0 Å². The van der Waals surface area contributed by atoms with Crippen molar-refractivity contribution in [1.82, 2.24) is 4.90 Å². The van der Waals surface area contributed by atoms with Gasteiger partial charge in [-0.25, -0.2) is 0 Å². The third kappa shape index (κ3) is 4.76. The highest BCUT2D eigenvalue weighted by Crippen LogP contribution is 2.17. The Balaban J connectivity index is 2.11. The summed E-state index contributed by atoms with van der Waals surface area (Å²) in [5, 5.41) is 1.15. The van der Waals surface area contributed by atoms with Crippen LogP contribution in [-0.4, -0.2) is 42.6 Å². The molecule has 0 radical (unpaired) electrons. The number of hydrogen-bond acceptors (Lipinski definition) is 2. The van der Waals surface area contributed by atoms with Crippen LogP contribution in [0.15, 0.2) is 0 Å². The summed E-state index contributed by atoms with van der Waals surface area (Å²) in [6.45, 7) is 8.67. The van der Waals surface area contributed by atoms with Crippen LogP contribution in [0.25, 0.3) is 0 Å². The molecular weight excluding hydrogens is 242 g/mol. The Bertz CT molecular complexity index is 152. The van der Waals surface area contributed by atoms with Gasteiger partial charge in [0.05, 0.1) is 12.7 Å². The Hall–Kier alpha value is 0.400. The summed E-state index contributed by atoms with van der Waals surface area (Å²) in [6, 6.07) is 0. The molecule has 0 aliphatic carbocycles. The molecule has 0 aromatic carbocycles. The molecule has 1 unspecified atom stereocenters. The second-order valence-electron chi connectivity index (χ2n) is 4.38. The fraction of sp³-hybridized carbons (Fsp3) is 1.00. The van der Waals surface area contributed by atoms with Crippen molar-refractivity contribution in [3.05, 3.63) is 0 Å². The van der Waals surface area contributed by atoms with Crippen molar-refractivity contribution < 1.29 is 4.74 Å². The Labute approximate surface area is 96.1 Å². The summed E-state index contributed by atoms with van der Waals surface area (Å²) >= 11 is 3.57. The number of nitrogens with zero attached hydrogens (tertiary/aromatic N) is 1. The molecule has 0 aromatic rings. The van der Waals surface area contributed by atoms with Crippen molar-refractivity contribution in [2.75, 3.05) is 31.6 Å². The summed E-state index contributed by atoms with van der Waals surface area (Å²) in [5.41, 5.74) is 0. The van der Waals surface area contributed by atoms with Gasteiger partial charge in [-0.15, -0.1) is 0 Å². The minimum Gasteiger partial charge on any atom is -0.377 e. The standard InChI is InChI=1S/C11H22BrNO/c1-10(2)14-7-6-13-5-3-4-11(8-12)9-13/h10-11H,3-9H2,1-2H3. The number of rotatable bonds is 5. The van der Waals surface area contributed by atoms with Gasteiger partial charge < -0.3 is 9.64 Å². The minimum absolute atomic E-state index is 0.367. The van der Waals surface area contributed by atoms with Crippen LogP contribution < -0.4 is 0 Å². The van der Waals surface area contributed by atoms with Gasteiger partial charge in [0.15, 0.2) is 0 Å². The van der Waals surface area contributed by atoms with Crippen molar-refractivity contribution >= 4 is 15.9 Å². The quantitative estimate of drug-likeness (QED) is 0.707. The first kappa shape index (κ1) is 12.5. The van der Waals surface area contributed by atoms with Gasteiger partial charge in [0.1, 0.15) is 0 Å². The lowest BCUT2D eigenvalue weighted by Crippen LogP contribution is -2.38. The highest BCUT2D eigenvalue weighted by molar-refractivity contribution is 9.09. The van der Waals surface area contributed by atoms with Crippen LogP contribution in [0.3, 0.4) is 0 Å². The van der Waals surface area contributed by atoms with E-state index in [4.69, 9.17) is 4.74 Å². The van der Waals surface area contributed by atoms with Crippen LogP contribution in [0.5, 0.6) is 0 Å². The lowest BCUT2D eigenvalue weighted by Gasteiger charge is -2.31. The average molecular weight is 264 g/mol. The molecule has 2 nitrogen and oxygen atoms in total. The highest BCUT2D eigenvalue weighted by atomic mass is 79.9. The van der Waals surface area contributed by atoms with E-state index >= 15 is 0 Å². The molecule has 1 atom stereocenters. The maximum absolute atomic E-state index is 5.56. The van der Waals surface area contributed by atoms with E-state index in [9.17, 15) is 0 Å². The van der Waals surface area contributed by atoms with Crippen molar-refractivity contribution in [3.63, 3.8) is 0 Å². The first-order valence-corrected chi connectivity index (χ1v) is 6.74. The molecule has 0 bridgehead atoms. The summed E-state index contributed by atoms with van der Waals surface area (Å²) in [6.07, 6.45) is 3.09. The molecule has 1 aliphatic heterocycles. The highest BCUT2D eigenvalue weighted by Gasteiger charge is 2.18. The third-order valence-corrected chi connectivity index (χ3v) is 3.60. The molecule has 0 N–H and O–H groups in total. The van der Waals surface area contributed by atoms with Gasteiger partial charge in [0, 0.05) is 18.4 Å². The van der Waals surface area contributed by atoms with Crippen molar-refractivity contribution in [1.29, 1.82) is 0 Å². The van der Waals surface area contributed by atoms with E-state index in [0.717, 1.165) is 24.4 Å². The molecule has 1 rings (SSSR count). The van der Waals surface area contributed by atoms with Crippen LogP contribution in [0.1, 0.15) is 26.7 Å². The van der Waals surface area contributed by atoms with E-state index in [-0.39, 0.29) is 0 Å². The lowest BCUT2D eigenvalue weighted by atomic mass is 10.0. The molecular formula is C11H22BrNO. The topological polar surface area (TPSA) is 12.5 Å². The van der Waals surface area contributed by atoms with Gasteiger partial charge in [0.25, 0.3) is 0 Å². The molecule has 0 aromatic heterocycles. The zero-order chi connectivity index (χ0) is 10.4. The van der Waals surface area contributed by atoms with Crippen molar-refractivity contribution in [2.45, 2.75) is 32.8 Å². The monoisotopic (exact) mass is 263 g/mol. The fourth-order valence-electron chi connectivity index (χ4n) is 1.90. The minimum atomic E-state index is 0.367. The number of halogens is 1. The summed E-state index contributed by atoms with van der Waals surface area (Å²) in [4.78, 5) is 2.53. The number of hydrogen-bond donors (Lipinski definition) is 0. The number of alkyl halides is 1. The largest absolute Gasteiger partial charge is 0.377 e. The molecule has 14 heavy (non-hydrogen) atoms. The predicted octanol–water partition coefficient (Wildman–Crippen LogP) is 2.52. The maximum atomic E-state index is 5.56. The van der Waals surface area contributed by atoms with Gasteiger partial charge in [-0.1, -0.05) is 15.9 Å². The van der Waals surface area contributed by atoms with Crippen LogP contribution >= 0.6 is 15.9 Å². The first-order valence-electron chi connectivity index (χ1n) is 5.62. The number of ether oxygens (including phenoxy) is 1. The molecule has 84 valence electrons. The Morgan fingerprint density at radius 2 is 2.29 bits per heavy atom. The van der Waals surface area contributed by atoms with Gasteiger partial charge in [-0.3, -0.25) is 0 Å². The van der Waals surface area contributed by atoms with E-state index in [1.807, 2.05) is 0 Å².